The number of aromatic carboxylic acids is 1. The van der Waals surface area contributed by atoms with Crippen LogP contribution in [0.15, 0.2) is 45.7 Å². The minimum atomic E-state index is -1.30. The molecule has 3 aromatic rings. The SMILES string of the molecule is CC1Sc2c(C(=O)O)c(=O)c3cc(F)c(N4CCN(CC5=Cc6cc([N+](=O)[O-])ccc6C5)CC4)cc3n21. The molecule has 1 N–H and O–H groups in total. The molecule has 3 aliphatic rings. The summed E-state index contributed by atoms with van der Waals surface area (Å²) >= 11 is 1.33. The van der Waals surface area contributed by atoms with Gasteiger partial charge in [-0.1, -0.05) is 29.5 Å². The molecule has 0 radical (unpaired) electrons. The van der Waals surface area contributed by atoms with E-state index in [9.17, 15) is 24.8 Å². The zero-order chi connectivity index (χ0) is 26.0. The minimum Gasteiger partial charge on any atom is -0.477 e. The zero-order valence-electron chi connectivity index (χ0n) is 19.9. The Hall–Kier alpha value is -3.70. The number of carboxylic acids is 1. The Labute approximate surface area is 214 Å². The lowest BCUT2D eigenvalue weighted by Gasteiger charge is -2.37. The van der Waals surface area contributed by atoms with E-state index in [1.807, 2.05) is 24.0 Å². The number of nitro groups is 1. The summed E-state index contributed by atoms with van der Waals surface area (Å²) in [6.07, 6.45) is 2.79. The van der Waals surface area contributed by atoms with Crippen molar-refractivity contribution in [2.45, 2.75) is 23.7 Å². The molecule has 0 bridgehead atoms. The molecule has 0 spiro atoms. The first-order valence-electron chi connectivity index (χ1n) is 12.0. The Morgan fingerprint density at radius 1 is 1.22 bits per heavy atom. The molecule has 2 aromatic carbocycles. The summed E-state index contributed by atoms with van der Waals surface area (Å²) in [6, 6.07) is 7.82. The predicted molar refractivity (Wildman–Crippen MR) is 139 cm³/mol. The van der Waals surface area contributed by atoms with Crippen molar-refractivity contribution in [3.8, 4) is 0 Å². The highest BCUT2D eigenvalue weighted by molar-refractivity contribution is 8.00. The van der Waals surface area contributed by atoms with Crippen molar-refractivity contribution in [1.82, 2.24) is 9.47 Å². The van der Waals surface area contributed by atoms with Crippen LogP contribution in [0.3, 0.4) is 0 Å². The van der Waals surface area contributed by atoms with Crippen LogP contribution in [0.4, 0.5) is 15.8 Å². The van der Waals surface area contributed by atoms with Gasteiger partial charge in [-0.25, -0.2) is 9.18 Å². The molecular formula is C26H23FN4O5S. The van der Waals surface area contributed by atoms with Crippen LogP contribution in [0, 0.1) is 15.9 Å². The fourth-order valence-corrected chi connectivity index (χ4v) is 6.66. The second-order valence-electron chi connectivity index (χ2n) is 9.61. The predicted octanol–water partition coefficient (Wildman–Crippen LogP) is 4.13. The Morgan fingerprint density at radius 3 is 2.65 bits per heavy atom. The maximum absolute atomic E-state index is 15.2. The highest BCUT2D eigenvalue weighted by Crippen LogP contribution is 2.46. The molecule has 11 heteroatoms. The van der Waals surface area contributed by atoms with E-state index in [0.29, 0.717) is 42.4 Å². The number of fused-ring (bicyclic) bond motifs is 4. The maximum Gasteiger partial charge on any atom is 0.342 e. The standard InChI is InChI=1S/C26H23FN4O5S/c1-14-30-21-12-22(20(27)11-19(21)24(32)23(26(33)34)25(30)37-14)29-6-4-28(5-7-29)13-15-8-16-2-3-18(31(35)36)10-17(16)9-15/h2-3,9-12,14H,4-8,13H2,1H3,(H,33,34). The van der Waals surface area contributed by atoms with Crippen molar-refractivity contribution in [1.29, 1.82) is 0 Å². The summed E-state index contributed by atoms with van der Waals surface area (Å²) in [5.74, 6) is -1.83. The van der Waals surface area contributed by atoms with Gasteiger partial charge < -0.3 is 14.6 Å². The minimum absolute atomic E-state index is 0.0448. The number of aromatic nitrogens is 1. The molecular weight excluding hydrogens is 499 g/mol. The van der Waals surface area contributed by atoms with Gasteiger partial charge in [-0.05, 0) is 36.6 Å². The van der Waals surface area contributed by atoms with Crippen LogP contribution >= 0.6 is 11.8 Å². The van der Waals surface area contributed by atoms with E-state index in [2.05, 4.69) is 4.90 Å². The number of nitrogens with zero attached hydrogens (tertiary/aromatic N) is 4. The quantitative estimate of drug-likeness (QED) is 0.394. The van der Waals surface area contributed by atoms with Gasteiger partial charge in [0, 0.05) is 50.2 Å². The van der Waals surface area contributed by atoms with Crippen LogP contribution in [0.25, 0.3) is 17.0 Å². The van der Waals surface area contributed by atoms with Crippen molar-refractivity contribution in [3.63, 3.8) is 0 Å². The van der Waals surface area contributed by atoms with E-state index in [4.69, 9.17) is 0 Å². The van der Waals surface area contributed by atoms with Crippen molar-refractivity contribution in [2.24, 2.45) is 0 Å². The summed E-state index contributed by atoms with van der Waals surface area (Å²) in [7, 11) is 0. The number of halogens is 1. The lowest BCUT2D eigenvalue weighted by atomic mass is 10.1. The Morgan fingerprint density at radius 2 is 1.97 bits per heavy atom. The first-order chi connectivity index (χ1) is 17.7. The molecule has 1 aliphatic carbocycles. The third-order valence-corrected chi connectivity index (χ3v) is 8.52. The van der Waals surface area contributed by atoms with Gasteiger partial charge in [0.15, 0.2) is 0 Å². The van der Waals surface area contributed by atoms with E-state index in [-0.39, 0.29) is 26.9 Å². The summed E-state index contributed by atoms with van der Waals surface area (Å²) in [6.45, 7) is 5.29. The van der Waals surface area contributed by atoms with Crippen LogP contribution in [-0.4, -0.2) is 58.2 Å². The second kappa shape index (κ2) is 8.70. The van der Waals surface area contributed by atoms with Gasteiger partial charge in [0.25, 0.3) is 5.69 Å². The molecule has 1 atom stereocenters. The van der Waals surface area contributed by atoms with Gasteiger partial charge in [0.05, 0.1) is 26.5 Å². The zero-order valence-corrected chi connectivity index (χ0v) is 20.8. The average molecular weight is 523 g/mol. The molecule has 1 unspecified atom stereocenters. The van der Waals surface area contributed by atoms with Crippen molar-refractivity contribution < 1.29 is 19.2 Å². The number of carbonyl (C=O) groups is 1. The number of hydrogen-bond acceptors (Lipinski definition) is 7. The highest BCUT2D eigenvalue weighted by atomic mass is 32.2. The van der Waals surface area contributed by atoms with Crippen LogP contribution in [0.1, 0.15) is 33.8 Å². The van der Waals surface area contributed by atoms with Gasteiger partial charge in [-0.3, -0.25) is 19.8 Å². The number of piperazine rings is 1. The number of thioether (sulfide) groups is 1. The fourth-order valence-electron chi connectivity index (χ4n) is 5.51. The van der Waals surface area contributed by atoms with Gasteiger partial charge in [-0.15, -0.1) is 0 Å². The van der Waals surface area contributed by atoms with E-state index in [1.165, 1.54) is 29.5 Å². The molecule has 1 fully saturated rings. The topological polar surface area (TPSA) is 109 Å². The molecule has 3 heterocycles. The number of benzene rings is 2. The Balaban J connectivity index is 1.20. The third kappa shape index (κ3) is 3.89. The lowest BCUT2D eigenvalue weighted by molar-refractivity contribution is -0.384. The third-order valence-electron chi connectivity index (χ3n) is 7.35. The van der Waals surface area contributed by atoms with Crippen molar-refractivity contribution in [3.05, 3.63) is 78.8 Å². The lowest BCUT2D eigenvalue weighted by Crippen LogP contribution is -2.47. The van der Waals surface area contributed by atoms with Crippen molar-refractivity contribution in [2.75, 3.05) is 37.6 Å². The maximum atomic E-state index is 15.2. The monoisotopic (exact) mass is 522 g/mol. The molecule has 6 rings (SSSR count). The van der Waals surface area contributed by atoms with Gasteiger partial charge in [-0.2, -0.15) is 0 Å². The number of nitro benzene ring substituents is 1. The van der Waals surface area contributed by atoms with Gasteiger partial charge in [0.2, 0.25) is 5.43 Å². The van der Waals surface area contributed by atoms with Crippen LogP contribution in [0.2, 0.25) is 0 Å². The molecule has 2 aliphatic heterocycles. The molecule has 37 heavy (non-hydrogen) atoms. The molecule has 0 amide bonds. The second-order valence-corrected chi connectivity index (χ2v) is 10.9. The molecule has 190 valence electrons. The highest BCUT2D eigenvalue weighted by Gasteiger charge is 2.33. The van der Waals surface area contributed by atoms with Crippen LogP contribution in [-0.2, 0) is 6.42 Å². The molecule has 0 saturated carbocycles. The van der Waals surface area contributed by atoms with E-state index in [1.54, 1.807) is 16.7 Å². The number of carboxylic acid groups (broad SMARTS) is 1. The number of anilines is 1. The molecule has 1 aromatic heterocycles. The number of hydrogen-bond donors (Lipinski definition) is 1. The Kier molecular flexibility index (Phi) is 5.57. The summed E-state index contributed by atoms with van der Waals surface area (Å²) < 4.78 is 17.0. The van der Waals surface area contributed by atoms with Crippen molar-refractivity contribution >= 4 is 46.1 Å². The van der Waals surface area contributed by atoms with Crippen LogP contribution in [0.5, 0.6) is 0 Å². The van der Waals surface area contributed by atoms with E-state index < -0.39 is 17.2 Å². The van der Waals surface area contributed by atoms with E-state index >= 15 is 4.39 Å². The van der Waals surface area contributed by atoms with Gasteiger partial charge >= 0.3 is 5.97 Å². The molecule has 9 nitrogen and oxygen atoms in total. The van der Waals surface area contributed by atoms with Gasteiger partial charge in [0.1, 0.15) is 11.4 Å². The fraction of sp³-hybridized carbons (Fsp3) is 0.308. The normalized spacial score (nSPS) is 18.8. The summed E-state index contributed by atoms with van der Waals surface area (Å²) in [5, 5.41) is 21.0. The van der Waals surface area contributed by atoms with Crippen LogP contribution < -0.4 is 10.3 Å². The molecule has 1 saturated heterocycles. The Bertz CT molecular complexity index is 1590. The van der Waals surface area contributed by atoms with E-state index in [0.717, 1.165) is 24.1 Å². The first kappa shape index (κ1) is 23.7. The largest absolute Gasteiger partial charge is 0.477 e. The number of pyridine rings is 1. The number of rotatable bonds is 5. The smallest absolute Gasteiger partial charge is 0.342 e. The first-order valence-corrected chi connectivity index (χ1v) is 12.8. The summed E-state index contributed by atoms with van der Waals surface area (Å²) in [4.78, 5) is 39.4. The average Bonchev–Trinajstić information content (AvgIpc) is 3.25. The summed E-state index contributed by atoms with van der Waals surface area (Å²) in [5.41, 5.74) is 3.28. The number of non-ortho nitro benzene ring substituents is 1.